The van der Waals surface area contributed by atoms with Crippen molar-refractivity contribution in [3.63, 3.8) is 0 Å². The quantitative estimate of drug-likeness (QED) is 0.856. The summed E-state index contributed by atoms with van der Waals surface area (Å²) in [5.74, 6) is -1.28. The van der Waals surface area contributed by atoms with Crippen LogP contribution in [0.2, 0.25) is 0 Å². The third kappa shape index (κ3) is 3.16. The number of aromatic nitrogens is 1. The molecule has 0 aliphatic heterocycles. The number of para-hydroxylation sites is 1. The van der Waals surface area contributed by atoms with Gasteiger partial charge in [0.15, 0.2) is 0 Å². The molecule has 0 spiro atoms. The van der Waals surface area contributed by atoms with Gasteiger partial charge in [0, 0.05) is 36.1 Å². The van der Waals surface area contributed by atoms with Crippen molar-refractivity contribution in [2.24, 2.45) is 18.9 Å². The summed E-state index contributed by atoms with van der Waals surface area (Å²) in [7, 11) is 2.03. The van der Waals surface area contributed by atoms with Crippen LogP contribution in [0, 0.1) is 11.8 Å². The van der Waals surface area contributed by atoms with E-state index in [1.807, 2.05) is 19.2 Å². The van der Waals surface area contributed by atoms with E-state index in [-0.39, 0.29) is 23.8 Å². The van der Waals surface area contributed by atoms with Crippen molar-refractivity contribution in [2.45, 2.75) is 38.6 Å². The van der Waals surface area contributed by atoms with Gasteiger partial charge in [0.05, 0.1) is 5.92 Å². The second kappa shape index (κ2) is 6.67. The molecular weight excluding hydrogens is 304 g/mol. The van der Waals surface area contributed by atoms with Gasteiger partial charge < -0.3 is 15.0 Å². The van der Waals surface area contributed by atoms with Crippen molar-refractivity contribution in [2.75, 3.05) is 0 Å². The number of nitrogens with one attached hydrogen (secondary N) is 1. The molecule has 1 atom stereocenters. The second-order valence-electron chi connectivity index (χ2n) is 6.80. The van der Waals surface area contributed by atoms with Gasteiger partial charge in [-0.15, -0.1) is 0 Å². The van der Waals surface area contributed by atoms with Gasteiger partial charge in [-0.05, 0) is 37.3 Å². The molecule has 3 rings (SSSR count). The number of rotatable bonds is 6. The van der Waals surface area contributed by atoms with Crippen LogP contribution in [0.4, 0.5) is 0 Å². The first-order valence-electron chi connectivity index (χ1n) is 8.55. The van der Waals surface area contributed by atoms with Crippen LogP contribution in [0.15, 0.2) is 30.5 Å². The fraction of sp³-hybridized carbons (Fsp3) is 0.474. The molecule has 1 fully saturated rings. The summed E-state index contributed by atoms with van der Waals surface area (Å²) >= 11 is 0. The molecule has 1 aliphatic rings. The standard InChI is InChI=1S/C19H24N2O3/c1-3-15(20-18(22)12-8-13(9-12)19(23)24)10-14-11-21(2)17-7-5-4-6-16(14)17/h4-7,11-13,15H,3,8-10H2,1-2H3,(H,20,22)(H,23,24). The molecule has 128 valence electrons. The third-order valence-corrected chi connectivity index (χ3v) is 5.14. The smallest absolute Gasteiger partial charge is 0.306 e. The van der Waals surface area contributed by atoms with Crippen LogP contribution in [0.25, 0.3) is 10.9 Å². The van der Waals surface area contributed by atoms with E-state index in [9.17, 15) is 9.59 Å². The van der Waals surface area contributed by atoms with Gasteiger partial charge in [0.1, 0.15) is 0 Å². The number of nitrogens with zero attached hydrogens (tertiary/aromatic N) is 1. The van der Waals surface area contributed by atoms with Crippen molar-refractivity contribution in [1.29, 1.82) is 0 Å². The minimum atomic E-state index is -0.790. The van der Waals surface area contributed by atoms with E-state index in [2.05, 4.69) is 35.1 Å². The van der Waals surface area contributed by atoms with E-state index < -0.39 is 5.97 Å². The number of hydrogen-bond acceptors (Lipinski definition) is 2. The molecular formula is C19H24N2O3. The first-order valence-corrected chi connectivity index (χ1v) is 8.55. The summed E-state index contributed by atoms with van der Waals surface area (Å²) in [5.41, 5.74) is 2.43. The summed E-state index contributed by atoms with van der Waals surface area (Å²) in [4.78, 5) is 23.2. The Morgan fingerprint density at radius 2 is 2.00 bits per heavy atom. The molecule has 1 aliphatic carbocycles. The number of aliphatic carboxylic acids is 1. The highest BCUT2D eigenvalue weighted by molar-refractivity contribution is 5.85. The number of carboxylic acid groups (broad SMARTS) is 1. The van der Waals surface area contributed by atoms with Gasteiger partial charge in [-0.25, -0.2) is 0 Å². The first kappa shape index (κ1) is 16.6. The van der Waals surface area contributed by atoms with E-state index in [1.165, 1.54) is 16.5 Å². The molecule has 1 aromatic carbocycles. The van der Waals surface area contributed by atoms with Crippen molar-refractivity contribution in [1.82, 2.24) is 9.88 Å². The van der Waals surface area contributed by atoms with E-state index in [0.717, 1.165) is 12.8 Å². The number of carbonyl (C=O) groups is 2. The zero-order valence-corrected chi connectivity index (χ0v) is 14.2. The number of benzene rings is 1. The first-order chi connectivity index (χ1) is 11.5. The predicted molar refractivity (Wildman–Crippen MR) is 92.7 cm³/mol. The summed E-state index contributed by atoms with van der Waals surface area (Å²) < 4.78 is 2.11. The Balaban J connectivity index is 1.64. The van der Waals surface area contributed by atoms with Crippen LogP contribution in [0.3, 0.4) is 0 Å². The average molecular weight is 328 g/mol. The van der Waals surface area contributed by atoms with Crippen LogP contribution in [-0.2, 0) is 23.1 Å². The third-order valence-electron chi connectivity index (χ3n) is 5.14. The Kier molecular flexibility index (Phi) is 4.60. The molecule has 1 unspecified atom stereocenters. The van der Waals surface area contributed by atoms with Crippen LogP contribution < -0.4 is 5.32 Å². The summed E-state index contributed by atoms with van der Waals surface area (Å²) in [6.07, 6.45) is 4.70. The molecule has 1 saturated carbocycles. The second-order valence-corrected chi connectivity index (χ2v) is 6.80. The van der Waals surface area contributed by atoms with Gasteiger partial charge in [-0.3, -0.25) is 9.59 Å². The molecule has 0 bridgehead atoms. The molecule has 5 nitrogen and oxygen atoms in total. The van der Waals surface area contributed by atoms with Crippen LogP contribution in [0.1, 0.15) is 31.7 Å². The van der Waals surface area contributed by atoms with Crippen LogP contribution >= 0.6 is 0 Å². The Hall–Kier alpha value is -2.30. The molecule has 2 aromatic rings. The van der Waals surface area contributed by atoms with Crippen molar-refractivity contribution in [3.05, 3.63) is 36.0 Å². The zero-order valence-electron chi connectivity index (χ0n) is 14.2. The summed E-state index contributed by atoms with van der Waals surface area (Å²) in [6, 6.07) is 8.35. The number of amides is 1. The van der Waals surface area contributed by atoms with Gasteiger partial charge in [0.25, 0.3) is 0 Å². The highest BCUT2D eigenvalue weighted by Crippen LogP contribution is 2.34. The molecule has 1 aromatic heterocycles. The Morgan fingerprint density at radius 3 is 2.67 bits per heavy atom. The zero-order chi connectivity index (χ0) is 17.3. The molecule has 1 amide bonds. The molecule has 2 N–H and O–H groups in total. The highest BCUT2D eigenvalue weighted by Gasteiger charge is 2.39. The minimum absolute atomic E-state index is 0.000383. The number of hydrogen-bond donors (Lipinski definition) is 2. The van der Waals surface area contributed by atoms with E-state index in [4.69, 9.17) is 5.11 Å². The monoisotopic (exact) mass is 328 g/mol. The van der Waals surface area contributed by atoms with Crippen molar-refractivity contribution >= 4 is 22.8 Å². The number of fused-ring (bicyclic) bond motifs is 1. The average Bonchev–Trinajstić information content (AvgIpc) is 2.81. The lowest BCUT2D eigenvalue weighted by Gasteiger charge is -2.32. The molecule has 1 heterocycles. The predicted octanol–water partition coefficient (Wildman–Crippen LogP) is 2.73. The van der Waals surface area contributed by atoms with E-state index in [0.29, 0.717) is 12.8 Å². The summed E-state index contributed by atoms with van der Waals surface area (Å²) in [6.45, 7) is 2.07. The fourth-order valence-electron chi connectivity index (χ4n) is 3.50. The Morgan fingerprint density at radius 1 is 1.29 bits per heavy atom. The SMILES string of the molecule is CCC(Cc1cn(C)c2ccccc12)NC(=O)C1CC(C(=O)O)C1. The van der Waals surface area contributed by atoms with Crippen molar-refractivity contribution in [3.8, 4) is 0 Å². The number of aryl methyl sites for hydroxylation is 1. The van der Waals surface area contributed by atoms with E-state index >= 15 is 0 Å². The van der Waals surface area contributed by atoms with Crippen molar-refractivity contribution < 1.29 is 14.7 Å². The number of carbonyl (C=O) groups excluding carboxylic acids is 1. The lowest BCUT2D eigenvalue weighted by molar-refractivity contribution is -0.148. The van der Waals surface area contributed by atoms with E-state index in [1.54, 1.807) is 0 Å². The van der Waals surface area contributed by atoms with Gasteiger partial charge in [-0.2, -0.15) is 0 Å². The Labute approximate surface area is 141 Å². The minimum Gasteiger partial charge on any atom is -0.481 e. The van der Waals surface area contributed by atoms with Crippen LogP contribution in [0.5, 0.6) is 0 Å². The highest BCUT2D eigenvalue weighted by atomic mass is 16.4. The van der Waals surface area contributed by atoms with Gasteiger partial charge in [0.2, 0.25) is 5.91 Å². The molecule has 0 saturated heterocycles. The molecule has 5 heteroatoms. The van der Waals surface area contributed by atoms with Gasteiger partial charge >= 0.3 is 5.97 Å². The maximum atomic E-state index is 12.3. The Bertz CT molecular complexity index is 759. The topological polar surface area (TPSA) is 71.3 Å². The fourth-order valence-corrected chi connectivity index (χ4v) is 3.50. The number of carboxylic acids is 1. The molecule has 24 heavy (non-hydrogen) atoms. The molecule has 0 radical (unpaired) electrons. The lowest BCUT2D eigenvalue weighted by Crippen LogP contribution is -2.45. The maximum absolute atomic E-state index is 12.3. The van der Waals surface area contributed by atoms with Crippen LogP contribution in [-0.4, -0.2) is 27.6 Å². The normalized spacial score (nSPS) is 21.2. The largest absolute Gasteiger partial charge is 0.481 e. The lowest BCUT2D eigenvalue weighted by atomic mass is 9.74. The summed E-state index contributed by atoms with van der Waals surface area (Å²) in [5, 5.41) is 13.3. The van der Waals surface area contributed by atoms with Gasteiger partial charge in [-0.1, -0.05) is 25.1 Å². The maximum Gasteiger partial charge on any atom is 0.306 e.